The van der Waals surface area contributed by atoms with Gasteiger partial charge in [0.25, 0.3) is 11.8 Å². The van der Waals surface area contributed by atoms with Crippen molar-refractivity contribution >= 4 is 17.7 Å². The van der Waals surface area contributed by atoms with Crippen LogP contribution in [0.25, 0.3) is 0 Å². The molecular weight excluding hydrogens is 302 g/mol. The first-order chi connectivity index (χ1) is 10.8. The average Bonchev–Trinajstić information content (AvgIpc) is 2.82. The Balaban J connectivity index is 2.13. The highest BCUT2D eigenvalue weighted by molar-refractivity contribution is 6.17. The van der Waals surface area contributed by atoms with Gasteiger partial charge in [-0.2, -0.15) is 0 Å². The molecule has 0 saturated heterocycles. The van der Waals surface area contributed by atoms with Gasteiger partial charge in [-0.15, -0.1) is 0 Å². The zero-order valence-electron chi connectivity index (χ0n) is 13.0. The molecule has 3 rings (SSSR count). The van der Waals surface area contributed by atoms with Crippen LogP contribution in [0.2, 0.25) is 0 Å². The molecule has 3 heterocycles. The van der Waals surface area contributed by atoms with Gasteiger partial charge in [0.15, 0.2) is 11.6 Å². The third-order valence-electron chi connectivity index (χ3n) is 4.15. The van der Waals surface area contributed by atoms with Crippen molar-refractivity contribution in [3.8, 4) is 11.6 Å². The molecule has 1 amide bonds. The van der Waals surface area contributed by atoms with Crippen LogP contribution in [0.15, 0.2) is 11.1 Å². The molecule has 1 aromatic heterocycles. The number of ether oxygens (including phenoxy) is 2. The Labute approximate surface area is 132 Å². The number of carbonyl (C=O) groups excluding carboxylic acids is 1. The van der Waals surface area contributed by atoms with E-state index in [1.54, 1.807) is 6.92 Å². The fourth-order valence-electron chi connectivity index (χ4n) is 2.37. The number of amidine groups is 1. The molecule has 0 fully saturated rings. The van der Waals surface area contributed by atoms with Crippen LogP contribution in [0.3, 0.4) is 0 Å². The minimum atomic E-state index is -1.18. The Morgan fingerprint density at radius 3 is 2.70 bits per heavy atom. The van der Waals surface area contributed by atoms with Gasteiger partial charge in [-0.1, -0.05) is 13.8 Å². The van der Waals surface area contributed by atoms with E-state index < -0.39 is 11.5 Å². The predicted molar refractivity (Wildman–Crippen MR) is 80.1 cm³/mol. The van der Waals surface area contributed by atoms with Gasteiger partial charge in [-0.3, -0.25) is 4.79 Å². The average molecular weight is 319 g/mol. The molecule has 0 bridgehead atoms. The second-order valence-electron chi connectivity index (χ2n) is 5.91. The van der Waals surface area contributed by atoms with Crippen molar-refractivity contribution < 1.29 is 24.2 Å². The van der Waals surface area contributed by atoms with E-state index >= 15 is 0 Å². The minimum absolute atomic E-state index is 0.0505. The maximum Gasteiger partial charge on any atom is 0.338 e. The van der Waals surface area contributed by atoms with E-state index in [0.29, 0.717) is 13.2 Å². The second-order valence-corrected chi connectivity index (χ2v) is 5.91. The lowest BCUT2D eigenvalue weighted by molar-refractivity contribution is -0.124. The quantitative estimate of drug-likeness (QED) is 0.854. The fraction of sp³-hybridized carbons (Fsp3) is 0.467. The van der Waals surface area contributed by atoms with Gasteiger partial charge in [-0.25, -0.2) is 14.8 Å². The number of aromatic carboxylic acids is 1. The van der Waals surface area contributed by atoms with Gasteiger partial charge in [0.1, 0.15) is 24.4 Å². The number of nitrogens with one attached hydrogen (secondary N) is 1. The minimum Gasteiger partial charge on any atom is -0.484 e. The third kappa shape index (κ3) is 2.39. The van der Waals surface area contributed by atoms with Crippen LogP contribution in [0, 0.1) is 5.92 Å². The van der Waals surface area contributed by atoms with Crippen LogP contribution in [-0.4, -0.2) is 46.6 Å². The van der Waals surface area contributed by atoms with E-state index in [-0.39, 0.29) is 40.5 Å². The lowest BCUT2D eigenvalue weighted by Gasteiger charge is -2.21. The highest BCUT2D eigenvalue weighted by atomic mass is 16.6. The molecule has 1 atom stereocenters. The van der Waals surface area contributed by atoms with Gasteiger partial charge >= 0.3 is 5.97 Å². The van der Waals surface area contributed by atoms with Gasteiger partial charge in [-0.05, 0) is 12.8 Å². The fourth-order valence-corrected chi connectivity index (χ4v) is 2.37. The first-order valence-electron chi connectivity index (χ1n) is 7.28. The Morgan fingerprint density at radius 1 is 1.39 bits per heavy atom. The highest BCUT2D eigenvalue weighted by Crippen LogP contribution is 2.32. The normalized spacial score (nSPS) is 22.8. The number of fused-ring (bicyclic) bond motifs is 1. The zero-order valence-corrected chi connectivity index (χ0v) is 13.0. The van der Waals surface area contributed by atoms with Crippen molar-refractivity contribution in [3.05, 3.63) is 17.3 Å². The van der Waals surface area contributed by atoms with Gasteiger partial charge in [0, 0.05) is 6.07 Å². The number of amides is 1. The number of carbonyl (C=O) groups is 2. The summed E-state index contributed by atoms with van der Waals surface area (Å²) in [5.41, 5.74) is -0.985. The Kier molecular flexibility index (Phi) is 3.46. The van der Waals surface area contributed by atoms with E-state index in [1.807, 2.05) is 13.8 Å². The third-order valence-corrected chi connectivity index (χ3v) is 4.15. The Morgan fingerprint density at radius 2 is 2.09 bits per heavy atom. The summed E-state index contributed by atoms with van der Waals surface area (Å²) in [7, 11) is 0. The van der Waals surface area contributed by atoms with Gasteiger partial charge in [0.05, 0.1) is 5.56 Å². The molecule has 2 N–H and O–H groups in total. The summed E-state index contributed by atoms with van der Waals surface area (Å²) in [6.45, 7) is 6.12. The molecule has 1 unspecified atom stereocenters. The highest BCUT2D eigenvalue weighted by Gasteiger charge is 2.43. The number of pyridine rings is 1. The number of nitrogens with zero attached hydrogens (tertiary/aromatic N) is 2. The van der Waals surface area contributed by atoms with E-state index in [9.17, 15) is 14.7 Å². The molecule has 0 saturated carbocycles. The first kappa shape index (κ1) is 15.3. The van der Waals surface area contributed by atoms with Crippen molar-refractivity contribution in [2.24, 2.45) is 10.9 Å². The number of rotatable bonds is 3. The molecule has 0 aliphatic carbocycles. The number of aromatic nitrogens is 1. The van der Waals surface area contributed by atoms with E-state index in [0.717, 1.165) is 0 Å². The summed E-state index contributed by atoms with van der Waals surface area (Å²) in [6, 6.07) is 1.35. The van der Waals surface area contributed by atoms with Crippen molar-refractivity contribution in [2.75, 3.05) is 13.2 Å². The summed E-state index contributed by atoms with van der Waals surface area (Å²) in [4.78, 5) is 32.4. The maximum atomic E-state index is 12.2. The molecule has 0 radical (unpaired) electrons. The Hall–Kier alpha value is -2.64. The molecule has 8 heteroatoms. The summed E-state index contributed by atoms with van der Waals surface area (Å²) in [6.07, 6.45) is 0. The van der Waals surface area contributed by atoms with E-state index in [1.165, 1.54) is 6.07 Å². The van der Waals surface area contributed by atoms with Crippen molar-refractivity contribution in [3.63, 3.8) is 0 Å². The van der Waals surface area contributed by atoms with Crippen LogP contribution in [0.4, 0.5) is 0 Å². The summed E-state index contributed by atoms with van der Waals surface area (Å²) < 4.78 is 10.7. The van der Waals surface area contributed by atoms with Crippen LogP contribution < -0.4 is 14.8 Å². The molecule has 8 nitrogen and oxygen atoms in total. The van der Waals surface area contributed by atoms with Crippen molar-refractivity contribution in [2.45, 2.75) is 26.3 Å². The molecule has 1 aromatic rings. The Bertz CT molecular complexity index is 728. The predicted octanol–water partition coefficient (Wildman–Crippen LogP) is 0.842. The number of carboxylic acids is 1. The first-order valence-corrected chi connectivity index (χ1v) is 7.28. The number of hydrogen-bond donors (Lipinski definition) is 2. The standard InChI is InChI=1S/C15H17N3O5/c1-7(2)15(3)14(21)17-11(18-15)10-8(13(19)20)6-9-12(16-10)23-5-4-22-9/h6-7H,4-5H2,1-3H3,(H,19,20)(H,17,18,21). The monoisotopic (exact) mass is 319 g/mol. The zero-order chi connectivity index (χ0) is 16.8. The van der Waals surface area contributed by atoms with Crippen LogP contribution in [0.1, 0.15) is 36.8 Å². The lowest BCUT2D eigenvalue weighted by Crippen LogP contribution is -2.41. The van der Waals surface area contributed by atoms with Crippen LogP contribution in [-0.2, 0) is 4.79 Å². The molecular formula is C15H17N3O5. The summed E-state index contributed by atoms with van der Waals surface area (Å²) >= 11 is 0. The van der Waals surface area contributed by atoms with Crippen LogP contribution in [0.5, 0.6) is 11.6 Å². The van der Waals surface area contributed by atoms with Crippen molar-refractivity contribution in [1.82, 2.24) is 10.3 Å². The molecule has 2 aliphatic rings. The smallest absolute Gasteiger partial charge is 0.338 e. The number of carboxylic acid groups (broad SMARTS) is 1. The van der Waals surface area contributed by atoms with Crippen LogP contribution >= 0.6 is 0 Å². The number of aliphatic imine (C=N–C) groups is 1. The van der Waals surface area contributed by atoms with Gasteiger partial charge in [0.2, 0.25) is 0 Å². The second kappa shape index (κ2) is 5.22. The lowest BCUT2D eigenvalue weighted by atomic mass is 9.89. The molecule has 2 aliphatic heterocycles. The van der Waals surface area contributed by atoms with Gasteiger partial charge < -0.3 is 19.9 Å². The van der Waals surface area contributed by atoms with E-state index in [2.05, 4.69) is 15.3 Å². The van der Waals surface area contributed by atoms with E-state index in [4.69, 9.17) is 9.47 Å². The molecule has 0 spiro atoms. The largest absolute Gasteiger partial charge is 0.484 e. The topological polar surface area (TPSA) is 110 Å². The summed E-state index contributed by atoms with van der Waals surface area (Å²) in [5.74, 6) is -0.901. The molecule has 122 valence electrons. The maximum absolute atomic E-state index is 12.2. The SMILES string of the molecule is CC(C)C1(C)N=C(c2nc3c(cc2C(=O)O)OCCO3)NC1=O. The molecule has 0 aromatic carbocycles. The summed E-state index contributed by atoms with van der Waals surface area (Å²) in [5, 5.41) is 12.1. The molecule has 23 heavy (non-hydrogen) atoms. The number of hydrogen-bond acceptors (Lipinski definition) is 6. The van der Waals surface area contributed by atoms with Crippen molar-refractivity contribution in [1.29, 1.82) is 0 Å².